The fraction of sp³-hybridized carbons (Fsp3) is 0.571. The van der Waals surface area contributed by atoms with Crippen molar-refractivity contribution in [2.24, 2.45) is 0 Å². The molecule has 1 aromatic carbocycles. The topological polar surface area (TPSA) is 12.0 Å². The van der Waals surface area contributed by atoms with Crippen molar-refractivity contribution in [3.63, 3.8) is 0 Å². The number of rotatable bonds is 1. The van der Waals surface area contributed by atoms with Gasteiger partial charge in [0.2, 0.25) is 0 Å². The molecule has 1 aromatic rings. The quantitative estimate of drug-likeness (QED) is 0.728. The second kappa shape index (κ2) is 3.55. The van der Waals surface area contributed by atoms with Crippen molar-refractivity contribution in [3.05, 3.63) is 29.3 Å². The molecule has 0 aliphatic carbocycles. The Labute approximate surface area is 92.9 Å². The van der Waals surface area contributed by atoms with E-state index < -0.39 is 0 Å². The number of hydrogen-bond donors (Lipinski definition) is 1. The summed E-state index contributed by atoms with van der Waals surface area (Å²) in [7, 11) is 0. The maximum Gasteiger partial charge on any atom is 0.0379 e. The smallest absolute Gasteiger partial charge is 0.0379 e. The Balaban J connectivity index is 2.41. The molecule has 0 saturated carbocycles. The summed E-state index contributed by atoms with van der Waals surface area (Å²) in [5.74, 6) is 0.669. The van der Waals surface area contributed by atoms with Gasteiger partial charge in [0.15, 0.2) is 0 Å². The van der Waals surface area contributed by atoms with Crippen LogP contribution in [0.3, 0.4) is 0 Å². The Kier molecular flexibility index (Phi) is 2.49. The van der Waals surface area contributed by atoms with E-state index in [4.69, 9.17) is 0 Å². The third-order valence-corrected chi connectivity index (χ3v) is 3.34. The van der Waals surface area contributed by atoms with Crippen LogP contribution in [-0.2, 0) is 6.42 Å². The van der Waals surface area contributed by atoms with Gasteiger partial charge in [-0.2, -0.15) is 0 Å². The first-order valence-corrected chi connectivity index (χ1v) is 5.93. The molecule has 0 saturated heterocycles. The van der Waals surface area contributed by atoms with Gasteiger partial charge in [0.05, 0.1) is 0 Å². The second-order valence-electron chi connectivity index (χ2n) is 5.39. The number of hydrogen-bond acceptors (Lipinski definition) is 1. The number of aryl methyl sites for hydroxylation is 1. The Morgan fingerprint density at radius 2 is 2.13 bits per heavy atom. The highest BCUT2D eigenvalue weighted by Gasteiger charge is 2.28. The van der Waals surface area contributed by atoms with Crippen LogP contribution in [-0.4, -0.2) is 5.54 Å². The molecule has 0 radical (unpaired) electrons. The zero-order valence-corrected chi connectivity index (χ0v) is 10.2. The fourth-order valence-corrected chi connectivity index (χ4v) is 2.64. The van der Waals surface area contributed by atoms with Crippen molar-refractivity contribution in [1.82, 2.24) is 0 Å². The molecule has 15 heavy (non-hydrogen) atoms. The molecule has 1 nitrogen and oxygen atoms in total. The number of nitrogens with one attached hydrogen (secondary N) is 1. The first kappa shape index (κ1) is 10.5. The zero-order chi connectivity index (χ0) is 11.1. The minimum absolute atomic E-state index is 0.236. The van der Waals surface area contributed by atoms with E-state index in [1.807, 2.05) is 0 Å². The van der Waals surface area contributed by atoms with E-state index in [0.29, 0.717) is 5.92 Å². The van der Waals surface area contributed by atoms with Gasteiger partial charge in [0.1, 0.15) is 0 Å². The van der Waals surface area contributed by atoms with Crippen LogP contribution in [0.4, 0.5) is 5.69 Å². The molecule has 1 heterocycles. The van der Waals surface area contributed by atoms with Gasteiger partial charge in [0, 0.05) is 11.2 Å². The lowest BCUT2D eigenvalue weighted by Crippen LogP contribution is -2.36. The molecular weight excluding hydrogens is 182 g/mol. The van der Waals surface area contributed by atoms with Gasteiger partial charge >= 0.3 is 0 Å². The molecule has 0 aromatic heterocycles. The van der Waals surface area contributed by atoms with Crippen LogP contribution in [0, 0.1) is 0 Å². The first-order chi connectivity index (χ1) is 7.02. The summed E-state index contributed by atoms with van der Waals surface area (Å²) in [5, 5.41) is 3.62. The Hall–Kier alpha value is -0.980. The van der Waals surface area contributed by atoms with Crippen molar-refractivity contribution in [2.45, 2.75) is 52.0 Å². The lowest BCUT2D eigenvalue weighted by atomic mass is 9.81. The highest BCUT2D eigenvalue weighted by atomic mass is 15.0. The van der Waals surface area contributed by atoms with Crippen LogP contribution in [0.25, 0.3) is 0 Å². The molecule has 1 aliphatic rings. The van der Waals surface area contributed by atoms with E-state index in [-0.39, 0.29) is 5.54 Å². The third kappa shape index (κ3) is 2.01. The Bertz CT molecular complexity index is 366. The maximum absolute atomic E-state index is 3.62. The van der Waals surface area contributed by atoms with Crippen LogP contribution in [0.1, 0.15) is 51.2 Å². The standard InChI is InChI=1S/C14H21N/c1-5-11-6-7-13-12(8-11)10(2)9-14(3,4)15-13/h6-8,10,15H,5,9H2,1-4H3/t10-/m1/s1. The van der Waals surface area contributed by atoms with Gasteiger partial charge in [-0.15, -0.1) is 0 Å². The van der Waals surface area contributed by atoms with E-state index in [9.17, 15) is 0 Å². The molecule has 1 atom stereocenters. The van der Waals surface area contributed by atoms with Gasteiger partial charge in [-0.3, -0.25) is 0 Å². The largest absolute Gasteiger partial charge is 0.380 e. The molecule has 0 unspecified atom stereocenters. The van der Waals surface area contributed by atoms with E-state index in [0.717, 1.165) is 6.42 Å². The minimum Gasteiger partial charge on any atom is -0.380 e. The Morgan fingerprint density at radius 3 is 2.80 bits per heavy atom. The predicted octanol–water partition coefficient (Wildman–Crippen LogP) is 3.95. The summed E-state index contributed by atoms with van der Waals surface area (Å²) >= 11 is 0. The van der Waals surface area contributed by atoms with Gasteiger partial charge in [-0.05, 0) is 49.8 Å². The summed E-state index contributed by atoms with van der Waals surface area (Å²) in [6.07, 6.45) is 2.34. The molecule has 1 aliphatic heterocycles. The molecule has 0 fully saturated rings. The van der Waals surface area contributed by atoms with E-state index in [1.54, 1.807) is 0 Å². The monoisotopic (exact) mass is 203 g/mol. The average molecular weight is 203 g/mol. The molecule has 0 spiro atoms. The summed E-state index contributed by atoms with van der Waals surface area (Å²) in [5.41, 5.74) is 4.51. The third-order valence-electron chi connectivity index (χ3n) is 3.34. The number of fused-ring (bicyclic) bond motifs is 1. The SMILES string of the molecule is CCc1ccc2c(c1)[C@H](C)CC(C)(C)N2. The lowest BCUT2D eigenvalue weighted by molar-refractivity contribution is 0.454. The summed E-state index contributed by atoms with van der Waals surface area (Å²) in [6.45, 7) is 9.10. The van der Waals surface area contributed by atoms with Gasteiger partial charge in [0.25, 0.3) is 0 Å². The van der Waals surface area contributed by atoms with Crippen LogP contribution in [0.5, 0.6) is 0 Å². The normalized spacial score (nSPS) is 23.1. The molecule has 0 bridgehead atoms. The van der Waals surface area contributed by atoms with E-state index >= 15 is 0 Å². The average Bonchev–Trinajstić information content (AvgIpc) is 2.15. The predicted molar refractivity (Wildman–Crippen MR) is 66.6 cm³/mol. The van der Waals surface area contributed by atoms with Crippen LogP contribution in [0.2, 0.25) is 0 Å². The summed E-state index contributed by atoms with van der Waals surface area (Å²) in [6, 6.07) is 6.84. The number of anilines is 1. The molecular formula is C14H21N. The van der Waals surface area contributed by atoms with Gasteiger partial charge < -0.3 is 5.32 Å². The van der Waals surface area contributed by atoms with E-state index in [2.05, 4.69) is 51.2 Å². The molecule has 1 heteroatoms. The molecule has 82 valence electrons. The highest BCUT2D eigenvalue weighted by molar-refractivity contribution is 5.58. The molecule has 2 rings (SSSR count). The zero-order valence-electron chi connectivity index (χ0n) is 10.2. The summed E-state index contributed by atoms with van der Waals surface area (Å²) in [4.78, 5) is 0. The molecule has 1 N–H and O–H groups in total. The van der Waals surface area contributed by atoms with Crippen molar-refractivity contribution in [2.75, 3.05) is 5.32 Å². The first-order valence-electron chi connectivity index (χ1n) is 5.93. The second-order valence-corrected chi connectivity index (χ2v) is 5.39. The van der Waals surface area contributed by atoms with Crippen molar-refractivity contribution in [3.8, 4) is 0 Å². The van der Waals surface area contributed by atoms with Crippen molar-refractivity contribution >= 4 is 5.69 Å². The lowest BCUT2D eigenvalue weighted by Gasteiger charge is -2.37. The van der Waals surface area contributed by atoms with Crippen molar-refractivity contribution in [1.29, 1.82) is 0 Å². The fourth-order valence-electron chi connectivity index (χ4n) is 2.64. The Morgan fingerprint density at radius 1 is 1.40 bits per heavy atom. The van der Waals surface area contributed by atoms with Gasteiger partial charge in [-0.25, -0.2) is 0 Å². The number of benzene rings is 1. The summed E-state index contributed by atoms with van der Waals surface area (Å²) < 4.78 is 0. The van der Waals surface area contributed by atoms with Crippen LogP contribution >= 0.6 is 0 Å². The maximum atomic E-state index is 3.62. The van der Waals surface area contributed by atoms with Crippen LogP contribution in [0.15, 0.2) is 18.2 Å². The van der Waals surface area contributed by atoms with Gasteiger partial charge in [-0.1, -0.05) is 26.0 Å². The van der Waals surface area contributed by atoms with Crippen molar-refractivity contribution < 1.29 is 0 Å². The minimum atomic E-state index is 0.236. The molecule has 0 amide bonds. The van der Waals surface area contributed by atoms with E-state index in [1.165, 1.54) is 23.2 Å². The van der Waals surface area contributed by atoms with Crippen LogP contribution < -0.4 is 5.32 Å². The highest BCUT2D eigenvalue weighted by Crippen LogP contribution is 2.38.